The van der Waals surface area contributed by atoms with Gasteiger partial charge in [-0.15, -0.1) is 20.4 Å². The third-order valence-corrected chi connectivity index (χ3v) is 21.7. The topological polar surface area (TPSA) is 402 Å². The maximum atomic E-state index is 12.5. The molecule has 634 valence electrons. The van der Waals surface area contributed by atoms with Gasteiger partial charge in [0, 0.05) is 137 Å². The van der Waals surface area contributed by atoms with E-state index in [2.05, 4.69) is 180 Å². The second-order valence-electron chi connectivity index (χ2n) is 29.9. The predicted octanol–water partition coefficient (Wildman–Crippen LogP) is 9.77. The van der Waals surface area contributed by atoms with E-state index in [9.17, 15) is 38.4 Å². The van der Waals surface area contributed by atoms with Crippen molar-refractivity contribution in [2.24, 2.45) is 0 Å². The highest BCUT2D eigenvalue weighted by molar-refractivity contribution is 6.76. The summed E-state index contributed by atoms with van der Waals surface area (Å²) >= 11 is 0. The number of ether oxygens (including phenoxy) is 5. The number of nitrogens with zero attached hydrogens (tertiary/aromatic N) is 12. The molecule has 9 aromatic rings. The molecule has 0 atom stereocenters. The highest BCUT2D eigenvalue weighted by atomic mass is 28.3. The lowest BCUT2D eigenvalue weighted by molar-refractivity contribution is -0.688. The molecule has 0 saturated carbocycles. The van der Waals surface area contributed by atoms with E-state index in [1.807, 2.05) is 53.4 Å². The summed E-state index contributed by atoms with van der Waals surface area (Å²) in [6, 6.07) is 42.3. The number of benzene rings is 4. The molecule has 0 unspecified atom stereocenters. The van der Waals surface area contributed by atoms with Crippen LogP contribution in [0.5, 0.6) is 0 Å². The molecule has 32 nitrogen and oxygen atoms in total. The summed E-state index contributed by atoms with van der Waals surface area (Å²) in [5, 5.41) is 43.0. The second-order valence-corrected chi connectivity index (χ2v) is 35.6. The van der Waals surface area contributed by atoms with Crippen molar-refractivity contribution in [3.05, 3.63) is 256 Å². The molecule has 4 aromatic carbocycles. The Morgan fingerprint density at radius 1 is 0.512 bits per heavy atom. The van der Waals surface area contributed by atoms with Crippen LogP contribution in [0.3, 0.4) is 0 Å². The van der Waals surface area contributed by atoms with Crippen molar-refractivity contribution in [3.8, 4) is 22.9 Å². The summed E-state index contributed by atoms with van der Waals surface area (Å²) in [4.78, 5) is 113. The van der Waals surface area contributed by atoms with Crippen LogP contribution in [-0.2, 0) is 104 Å². The van der Waals surface area contributed by atoms with Gasteiger partial charge in [0.2, 0.25) is 29.6 Å². The number of pyridine rings is 1. The van der Waals surface area contributed by atoms with Gasteiger partial charge in [-0.2, -0.15) is 0 Å². The van der Waals surface area contributed by atoms with Gasteiger partial charge in [0.05, 0.1) is 51.7 Å². The van der Waals surface area contributed by atoms with Gasteiger partial charge >= 0.3 is 41.9 Å². The van der Waals surface area contributed by atoms with Crippen molar-refractivity contribution in [1.29, 1.82) is 0 Å². The molecule has 33 heteroatoms. The van der Waals surface area contributed by atoms with Crippen LogP contribution in [0.4, 0.5) is 16.7 Å². The third-order valence-electron chi connectivity index (χ3n) is 20.0. The van der Waals surface area contributed by atoms with Crippen molar-refractivity contribution in [2.75, 3.05) is 98.0 Å². The molecule has 6 aliphatic rings. The number of hydrogen-bond donors (Lipinski definition) is 5. The van der Waals surface area contributed by atoms with Gasteiger partial charge in [-0.3, -0.25) is 14.5 Å². The zero-order chi connectivity index (χ0) is 86.1. The van der Waals surface area contributed by atoms with Crippen LogP contribution in [0.1, 0.15) is 81.2 Å². The lowest BCUT2D eigenvalue weighted by Gasteiger charge is -2.25. The Bertz CT molecular complexity index is 5050. The van der Waals surface area contributed by atoms with E-state index in [4.69, 9.17) is 28.5 Å². The molecular weight excluding hydrogens is 1570 g/mol. The first-order chi connectivity index (χ1) is 58.5. The molecule has 0 fully saturated rings. The Hall–Kier alpha value is -13.3. The number of fused-ring (bicyclic) bond motifs is 2. The maximum absolute atomic E-state index is 12.5. The van der Waals surface area contributed by atoms with E-state index in [-0.39, 0.29) is 90.9 Å². The summed E-state index contributed by atoms with van der Waals surface area (Å²) in [7, 11) is 4.41. The van der Waals surface area contributed by atoms with Gasteiger partial charge in [0.15, 0.2) is 18.9 Å². The SMILES string of the molecule is COC(=O)C1=CCN(C(=O)OCC[Si](C)(C)C)CC1.COC(=O)C1=CCN(Cc2ccccc2)CC1.COC(=O)C1=CCNCC1.COC(=O)c1cc[n+](Cc2ccccc2)cc1.O=C(O)C1=CCN(C(=O)Cc2nnc(-c3cnc(NC4Cc5ccccc5C4)nc3)o2)CC1.O=C(O)Cc1nnc(-c2cnc(NC3Cc4ccccc4C3)nc2)o1. The van der Waals surface area contributed by atoms with E-state index < -0.39 is 20.0 Å². The van der Waals surface area contributed by atoms with Crippen LogP contribution in [0.25, 0.3) is 22.9 Å². The Balaban J connectivity index is 0.000000158. The fraction of sp³-hybridized carbons (Fsp3) is 0.352. The predicted molar refractivity (Wildman–Crippen MR) is 448 cm³/mol. The van der Waals surface area contributed by atoms with Crippen molar-refractivity contribution < 1.29 is 85.7 Å². The highest BCUT2D eigenvalue weighted by Gasteiger charge is 2.28. The third kappa shape index (κ3) is 28.8. The standard InChI is InChI=1S/C23H22N6O4.C17H15N5O3.C14H17NO2.C14H14NO2.C13H23NO4Si.C7H11NO2/c30-20(29-7-5-14(6-8-29)22(31)32)11-19-27-28-21(33-19)17-12-24-23(25-13-17)26-18-9-15-3-1-2-4-16(15)10-18;23-15(24)7-14-21-22-16(25-14)12-8-18-17(19-9-12)20-13-5-10-3-1-2-4-11(10)6-13;2*1-17-14(16)13-7-9-15(10-8-13)11-12-5-3-2-4-6-12;1-17-12(15)11-5-7-14(8-6-11)13(16)18-9-10-19(2,3)4;1-10-7(9)6-2-4-8-5-3-6/h1-5,12-13,18H,6-11H2,(H,31,32)(H,24,25,26);1-4,8-9,13H,5-7H2,(H,23,24)(H,18,19,20);2-7H,8-11H2,1H3;2-10H,11H2,1H3;5H,6-10H2,1-4H3;2,8H,3-5H2,1H3/q;;;+1;;. The molecule has 2 aliphatic carbocycles. The molecule has 0 radical (unpaired) electrons. The Labute approximate surface area is 702 Å². The Kier molecular flexibility index (Phi) is 33.9. The number of hydrogen-bond acceptors (Lipinski definition) is 27. The zero-order valence-electron chi connectivity index (χ0n) is 68.9. The molecule has 0 saturated heterocycles. The van der Waals surface area contributed by atoms with Gasteiger partial charge in [-0.25, -0.2) is 53.3 Å². The minimum absolute atomic E-state index is 0.0495. The number of esters is 4. The number of methoxy groups -OCH3 is 4. The monoisotopic (exact) mass is 1670 g/mol. The summed E-state index contributed by atoms with van der Waals surface area (Å²) in [6.45, 7) is 13.9. The second kappa shape index (κ2) is 45.6. The first-order valence-corrected chi connectivity index (χ1v) is 43.4. The largest absolute Gasteiger partial charge is 0.481 e. The van der Waals surface area contributed by atoms with Gasteiger partial charge in [0.25, 0.3) is 11.8 Å². The molecule has 2 amide bonds. The minimum Gasteiger partial charge on any atom is -0.481 e. The summed E-state index contributed by atoms with van der Waals surface area (Å²) in [5.41, 5.74) is 12.2. The Morgan fingerprint density at radius 3 is 1.39 bits per heavy atom. The smallest absolute Gasteiger partial charge is 0.410 e. The lowest BCUT2D eigenvalue weighted by Crippen LogP contribution is -2.37. The fourth-order valence-electron chi connectivity index (χ4n) is 13.3. The van der Waals surface area contributed by atoms with Crippen molar-refractivity contribution in [2.45, 2.75) is 115 Å². The number of nitrogens with one attached hydrogen (secondary N) is 3. The molecule has 0 spiro atoms. The molecule has 15 rings (SSSR count). The summed E-state index contributed by atoms with van der Waals surface area (Å²) in [6.07, 6.45) is 22.8. The van der Waals surface area contributed by atoms with Crippen LogP contribution < -0.4 is 20.5 Å². The lowest BCUT2D eigenvalue weighted by atomic mass is 10.1. The van der Waals surface area contributed by atoms with Crippen LogP contribution in [-0.4, -0.2) is 221 Å². The first kappa shape index (κ1) is 90.1. The molecule has 4 aliphatic heterocycles. The van der Waals surface area contributed by atoms with Crippen molar-refractivity contribution >= 4 is 67.8 Å². The number of carbonyl (C=O) groups is 8. The van der Waals surface area contributed by atoms with E-state index >= 15 is 0 Å². The number of carboxylic acid groups (broad SMARTS) is 2. The van der Waals surface area contributed by atoms with E-state index in [0.717, 1.165) is 95.0 Å². The van der Waals surface area contributed by atoms with Crippen LogP contribution >= 0.6 is 0 Å². The average Bonchev–Trinajstić information content (AvgIpc) is 1.72. The number of amides is 2. The Morgan fingerprint density at radius 2 is 0.959 bits per heavy atom. The summed E-state index contributed by atoms with van der Waals surface area (Å²) in [5.74, 6) is -1.42. The fourth-order valence-corrected chi connectivity index (χ4v) is 14.0. The zero-order valence-corrected chi connectivity index (χ0v) is 69.9. The molecule has 5 N–H and O–H groups in total. The number of aliphatic carboxylic acids is 2. The summed E-state index contributed by atoms with van der Waals surface area (Å²) < 4.78 is 36.8. The minimum atomic E-state index is -1.17. The number of carboxylic acids is 2. The highest BCUT2D eigenvalue weighted by Crippen LogP contribution is 2.28. The average molecular weight is 1670 g/mol. The van der Waals surface area contributed by atoms with Crippen LogP contribution in [0.2, 0.25) is 25.7 Å². The van der Waals surface area contributed by atoms with Gasteiger partial charge in [-0.1, -0.05) is 153 Å². The number of anilines is 2. The van der Waals surface area contributed by atoms with E-state index in [1.54, 1.807) is 58.9 Å². The normalized spacial score (nSPS) is 14.8. The van der Waals surface area contributed by atoms with Crippen molar-refractivity contribution in [1.82, 2.24) is 60.3 Å². The van der Waals surface area contributed by atoms with Crippen LogP contribution in [0, 0.1) is 0 Å². The quantitative estimate of drug-likeness (QED) is 0.0182. The first-order valence-electron chi connectivity index (χ1n) is 39.7. The molecule has 9 heterocycles. The molecule has 121 heavy (non-hydrogen) atoms. The van der Waals surface area contributed by atoms with Gasteiger partial charge in [0.1, 0.15) is 12.8 Å². The molecule has 5 aromatic heterocycles. The van der Waals surface area contributed by atoms with E-state index in [1.165, 1.54) is 61.8 Å². The molecule has 0 bridgehead atoms. The van der Waals surface area contributed by atoms with Gasteiger partial charge in [-0.05, 0) is 91.8 Å². The number of aromatic nitrogens is 9. The number of carbonyl (C=O) groups excluding carboxylic acids is 6. The number of rotatable bonds is 22. The van der Waals surface area contributed by atoms with Crippen molar-refractivity contribution in [3.63, 3.8) is 0 Å². The van der Waals surface area contributed by atoms with E-state index in [0.29, 0.717) is 78.8 Å². The molecular formula is C88H102N15O17Si+. The van der Waals surface area contributed by atoms with Crippen LogP contribution in [0.15, 0.2) is 214 Å². The maximum Gasteiger partial charge on any atom is 0.410 e. The van der Waals surface area contributed by atoms with Gasteiger partial charge < -0.3 is 68.5 Å².